The Morgan fingerprint density at radius 2 is 1.88 bits per heavy atom. The fraction of sp³-hybridized carbons (Fsp3) is 0.500. The summed E-state index contributed by atoms with van der Waals surface area (Å²) in [4.78, 5) is 14.1. The lowest BCUT2D eigenvalue weighted by Gasteiger charge is -2.28. The van der Waals surface area contributed by atoms with E-state index in [1.807, 2.05) is 36.9 Å². The summed E-state index contributed by atoms with van der Waals surface area (Å²) in [6, 6.07) is 10.1. The van der Waals surface area contributed by atoms with Gasteiger partial charge in [0.05, 0.1) is 4.32 Å². The van der Waals surface area contributed by atoms with E-state index in [-0.39, 0.29) is 5.91 Å². The molecule has 0 saturated carbocycles. The molecule has 94 valence electrons. The topological polar surface area (TPSA) is 20.3 Å². The molecule has 0 saturated heterocycles. The van der Waals surface area contributed by atoms with Crippen molar-refractivity contribution in [2.24, 2.45) is 0 Å². The minimum absolute atomic E-state index is 0.142. The quantitative estimate of drug-likeness (QED) is 0.761. The Hall–Kier alpha value is -0.830. The number of nitrogens with zero attached hydrogens (tertiary/aromatic N) is 1. The first-order valence-electron chi connectivity index (χ1n) is 5.97. The Balaban J connectivity index is 2.77. The summed E-state index contributed by atoms with van der Waals surface area (Å²) in [5.41, 5.74) is 1.17. The molecule has 0 fully saturated rings. The lowest BCUT2D eigenvalue weighted by molar-refractivity contribution is -0.133. The van der Waals surface area contributed by atoms with Gasteiger partial charge in [0.1, 0.15) is 0 Å². The molecule has 0 aromatic heterocycles. The van der Waals surface area contributed by atoms with Crippen molar-refractivity contribution in [2.75, 3.05) is 6.54 Å². The molecular weight excluding hydrogens is 278 g/mol. The lowest BCUT2D eigenvalue weighted by Crippen LogP contribution is -2.41. The van der Waals surface area contributed by atoms with Crippen LogP contribution in [0.25, 0.3) is 0 Å². The van der Waals surface area contributed by atoms with Crippen LogP contribution in [0.5, 0.6) is 0 Å². The standard InChI is InChI=1S/C14H20BrNO/c1-4-10-16(13(17)14(2,3)15)11-12-8-6-5-7-9-12/h5-9H,4,10-11H2,1-3H3. The van der Waals surface area contributed by atoms with Crippen LogP contribution in [-0.4, -0.2) is 21.7 Å². The van der Waals surface area contributed by atoms with Gasteiger partial charge in [-0.25, -0.2) is 0 Å². The SMILES string of the molecule is CCCN(Cc1ccccc1)C(=O)C(C)(C)Br. The van der Waals surface area contributed by atoms with E-state index in [0.29, 0.717) is 6.54 Å². The maximum absolute atomic E-state index is 12.2. The highest BCUT2D eigenvalue weighted by atomic mass is 79.9. The maximum atomic E-state index is 12.2. The summed E-state index contributed by atoms with van der Waals surface area (Å²) in [7, 11) is 0. The van der Waals surface area contributed by atoms with Crippen LogP contribution >= 0.6 is 15.9 Å². The summed E-state index contributed by atoms with van der Waals surface area (Å²) in [5, 5.41) is 0. The van der Waals surface area contributed by atoms with Crippen molar-refractivity contribution < 1.29 is 4.79 Å². The Bertz CT molecular complexity index is 356. The molecule has 0 spiro atoms. The number of halogens is 1. The average Bonchev–Trinajstić information content (AvgIpc) is 2.28. The molecule has 1 amide bonds. The summed E-state index contributed by atoms with van der Waals surface area (Å²) in [5.74, 6) is 0.142. The monoisotopic (exact) mass is 297 g/mol. The molecule has 0 aliphatic rings. The van der Waals surface area contributed by atoms with E-state index in [1.54, 1.807) is 0 Å². The van der Waals surface area contributed by atoms with Gasteiger partial charge >= 0.3 is 0 Å². The third-order valence-corrected chi connectivity index (χ3v) is 2.84. The van der Waals surface area contributed by atoms with Crippen LogP contribution in [0.15, 0.2) is 30.3 Å². The molecule has 0 aliphatic heterocycles. The van der Waals surface area contributed by atoms with Gasteiger partial charge in [-0.05, 0) is 25.8 Å². The summed E-state index contributed by atoms with van der Waals surface area (Å²) in [6.07, 6.45) is 0.974. The van der Waals surface area contributed by atoms with Gasteiger partial charge in [0, 0.05) is 13.1 Å². The second-order valence-electron chi connectivity index (χ2n) is 4.68. The van der Waals surface area contributed by atoms with E-state index in [4.69, 9.17) is 0 Å². The highest BCUT2D eigenvalue weighted by molar-refractivity contribution is 9.10. The Labute approximate surface area is 112 Å². The van der Waals surface area contributed by atoms with Crippen molar-refractivity contribution in [1.29, 1.82) is 0 Å². The smallest absolute Gasteiger partial charge is 0.239 e. The molecule has 1 aromatic carbocycles. The number of hydrogen-bond acceptors (Lipinski definition) is 1. The number of benzene rings is 1. The minimum atomic E-state index is -0.489. The van der Waals surface area contributed by atoms with E-state index in [2.05, 4.69) is 35.0 Å². The summed E-state index contributed by atoms with van der Waals surface area (Å²) < 4.78 is -0.489. The molecule has 3 heteroatoms. The third-order valence-electron chi connectivity index (χ3n) is 2.51. The van der Waals surface area contributed by atoms with Crippen LogP contribution in [0.4, 0.5) is 0 Å². The van der Waals surface area contributed by atoms with Crippen LogP contribution in [0.1, 0.15) is 32.8 Å². The number of alkyl halides is 1. The first-order chi connectivity index (χ1) is 7.95. The van der Waals surface area contributed by atoms with E-state index < -0.39 is 4.32 Å². The molecule has 0 heterocycles. The van der Waals surface area contributed by atoms with Gasteiger partial charge in [-0.15, -0.1) is 0 Å². The van der Waals surface area contributed by atoms with Crippen molar-refractivity contribution in [2.45, 2.75) is 38.1 Å². The van der Waals surface area contributed by atoms with Gasteiger partial charge in [-0.1, -0.05) is 53.2 Å². The van der Waals surface area contributed by atoms with Crippen LogP contribution < -0.4 is 0 Å². The van der Waals surface area contributed by atoms with Gasteiger partial charge in [0.25, 0.3) is 0 Å². The fourth-order valence-corrected chi connectivity index (χ4v) is 1.95. The molecule has 0 atom stereocenters. The van der Waals surface area contributed by atoms with Crippen molar-refractivity contribution in [3.8, 4) is 0 Å². The molecule has 0 bridgehead atoms. The molecule has 1 aromatic rings. The minimum Gasteiger partial charge on any atom is -0.337 e. The van der Waals surface area contributed by atoms with E-state index in [0.717, 1.165) is 13.0 Å². The zero-order valence-corrected chi connectivity index (χ0v) is 12.3. The van der Waals surface area contributed by atoms with Crippen LogP contribution in [-0.2, 0) is 11.3 Å². The maximum Gasteiger partial charge on any atom is 0.239 e. The van der Waals surface area contributed by atoms with E-state index in [1.165, 1.54) is 5.56 Å². The third kappa shape index (κ3) is 4.50. The van der Waals surface area contributed by atoms with Crippen molar-refractivity contribution >= 4 is 21.8 Å². The zero-order valence-electron chi connectivity index (χ0n) is 10.7. The van der Waals surface area contributed by atoms with Gasteiger partial charge in [-0.3, -0.25) is 4.79 Å². The number of carbonyl (C=O) groups is 1. The number of amides is 1. The van der Waals surface area contributed by atoms with Gasteiger partial charge in [-0.2, -0.15) is 0 Å². The predicted octanol–water partition coefficient (Wildman–Crippen LogP) is 3.60. The van der Waals surface area contributed by atoms with Gasteiger partial charge in [0.15, 0.2) is 0 Å². The van der Waals surface area contributed by atoms with Gasteiger partial charge < -0.3 is 4.90 Å². The molecular formula is C14H20BrNO. The molecule has 0 unspecified atom stereocenters. The predicted molar refractivity (Wildman–Crippen MR) is 75.2 cm³/mol. The normalized spacial score (nSPS) is 11.3. The second kappa shape index (κ2) is 6.20. The molecule has 0 aliphatic carbocycles. The van der Waals surface area contributed by atoms with Gasteiger partial charge in [0.2, 0.25) is 5.91 Å². The largest absolute Gasteiger partial charge is 0.337 e. The zero-order chi connectivity index (χ0) is 12.9. The number of hydrogen-bond donors (Lipinski definition) is 0. The van der Waals surface area contributed by atoms with E-state index in [9.17, 15) is 4.79 Å². The highest BCUT2D eigenvalue weighted by Crippen LogP contribution is 2.20. The summed E-state index contributed by atoms with van der Waals surface area (Å²) >= 11 is 3.44. The van der Waals surface area contributed by atoms with Crippen molar-refractivity contribution in [1.82, 2.24) is 4.90 Å². The number of carbonyl (C=O) groups excluding carboxylic acids is 1. The molecule has 1 rings (SSSR count). The molecule has 17 heavy (non-hydrogen) atoms. The Morgan fingerprint density at radius 1 is 1.29 bits per heavy atom. The molecule has 2 nitrogen and oxygen atoms in total. The Morgan fingerprint density at radius 3 is 2.35 bits per heavy atom. The fourth-order valence-electron chi connectivity index (χ4n) is 1.70. The first-order valence-corrected chi connectivity index (χ1v) is 6.76. The second-order valence-corrected chi connectivity index (χ2v) is 6.67. The average molecular weight is 298 g/mol. The van der Waals surface area contributed by atoms with Crippen molar-refractivity contribution in [3.63, 3.8) is 0 Å². The van der Waals surface area contributed by atoms with Crippen LogP contribution in [0.2, 0.25) is 0 Å². The summed E-state index contributed by atoms with van der Waals surface area (Å²) in [6.45, 7) is 7.35. The highest BCUT2D eigenvalue weighted by Gasteiger charge is 2.28. The molecule has 0 N–H and O–H groups in total. The Kier molecular flexibility index (Phi) is 5.19. The molecule has 0 radical (unpaired) electrons. The number of rotatable bonds is 5. The van der Waals surface area contributed by atoms with Crippen LogP contribution in [0, 0.1) is 0 Å². The van der Waals surface area contributed by atoms with E-state index >= 15 is 0 Å². The van der Waals surface area contributed by atoms with Crippen LogP contribution in [0.3, 0.4) is 0 Å². The lowest BCUT2D eigenvalue weighted by atomic mass is 10.1. The van der Waals surface area contributed by atoms with Crippen molar-refractivity contribution in [3.05, 3.63) is 35.9 Å². The first kappa shape index (κ1) is 14.2.